The summed E-state index contributed by atoms with van der Waals surface area (Å²) in [4.78, 5) is 8.47. The highest BCUT2D eigenvalue weighted by Crippen LogP contribution is 2.33. The van der Waals surface area contributed by atoms with Gasteiger partial charge in [-0.05, 0) is 54.2 Å². The molecule has 0 saturated heterocycles. The fourth-order valence-electron chi connectivity index (χ4n) is 2.89. The molecule has 32 heavy (non-hydrogen) atoms. The molecule has 0 unspecified atom stereocenters. The van der Waals surface area contributed by atoms with Gasteiger partial charge in [-0.25, -0.2) is 4.98 Å². The van der Waals surface area contributed by atoms with E-state index in [2.05, 4.69) is 25.3 Å². The molecule has 160 valence electrons. The summed E-state index contributed by atoms with van der Waals surface area (Å²) < 4.78 is 45.8. The highest BCUT2D eigenvalue weighted by molar-refractivity contribution is 7.99. The van der Waals surface area contributed by atoms with E-state index in [4.69, 9.17) is 16.0 Å². The van der Waals surface area contributed by atoms with Crippen LogP contribution >= 0.6 is 23.4 Å². The van der Waals surface area contributed by atoms with E-state index in [1.54, 1.807) is 30.3 Å². The Morgan fingerprint density at radius 3 is 2.38 bits per heavy atom. The zero-order valence-electron chi connectivity index (χ0n) is 15.8. The third-order valence-electron chi connectivity index (χ3n) is 4.42. The van der Waals surface area contributed by atoms with E-state index in [1.807, 2.05) is 0 Å². The van der Waals surface area contributed by atoms with Crippen LogP contribution in [0, 0.1) is 0 Å². The Balaban J connectivity index is 1.48. The monoisotopic (exact) mass is 474 g/mol. The molecule has 0 amide bonds. The molecular formula is C20H10ClF3N6OS. The summed E-state index contributed by atoms with van der Waals surface area (Å²) in [6.45, 7) is 0. The number of hydrogen-bond acceptors (Lipinski definition) is 7. The molecule has 3 heterocycles. The minimum Gasteiger partial charge on any atom is -0.411 e. The number of alkyl halides is 3. The van der Waals surface area contributed by atoms with Crippen LogP contribution in [0.3, 0.4) is 0 Å². The first-order valence-corrected chi connectivity index (χ1v) is 10.2. The normalized spacial score (nSPS) is 11.9. The first-order chi connectivity index (χ1) is 15.4. The van der Waals surface area contributed by atoms with Gasteiger partial charge >= 0.3 is 6.18 Å². The number of rotatable bonds is 4. The van der Waals surface area contributed by atoms with Crippen LogP contribution in [0.1, 0.15) is 5.56 Å². The summed E-state index contributed by atoms with van der Waals surface area (Å²) in [5.41, 5.74) is 0.900. The molecule has 5 rings (SSSR count). The van der Waals surface area contributed by atoms with Gasteiger partial charge in [-0.1, -0.05) is 23.7 Å². The van der Waals surface area contributed by atoms with Gasteiger partial charge in [0.25, 0.3) is 11.0 Å². The molecule has 7 nitrogen and oxygen atoms in total. The number of halogens is 4. The van der Waals surface area contributed by atoms with Crippen molar-refractivity contribution in [3.8, 4) is 22.7 Å². The molecule has 0 fully saturated rings. The van der Waals surface area contributed by atoms with Crippen molar-refractivity contribution in [3.05, 3.63) is 71.5 Å². The van der Waals surface area contributed by atoms with Gasteiger partial charge < -0.3 is 4.42 Å². The summed E-state index contributed by atoms with van der Waals surface area (Å²) in [5, 5.41) is 13.6. The molecule has 0 aliphatic heterocycles. The molecule has 3 aromatic heterocycles. The fourth-order valence-corrected chi connectivity index (χ4v) is 3.78. The van der Waals surface area contributed by atoms with Crippen LogP contribution in [0.15, 0.2) is 75.6 Å². The lowest BCUT2D eigenvalue weighted by Crippen LogP contribution is -2.04. The lowest BCUT2D eigenvalue weighted by atomic mass is 10.1. The number of aromatic nitrogens is 6. The van der Waals surface area contributed by atoms with Crippen LogP contribution in [0.25, 0.3) is 28.5 Å². The molecule has 5 aromatic rings. The van der Waals surface area contributed by atoms with E-state index >= 15 is 0 Å². The van der Waals surface area contributed by atoms with Gasteiger partial charge in [-0.3, -0.25) is 0 Å². The molecule has 0 bridgehead atoms. The first kappa shape index (κ1) is 20.5. The predicted octanol–water partition coefficient (Wildman–Crippen LogP) is 5.66. The Labute approximate surface area is 187 Å². The minimum atomic E-state index is -4.41. The fraction of sp³-hybridized carbons (Fsp3) is 0.0500. The highest BCUT2D eigenvalue weighted by atomic mass is 35.5. The Morgan fingerprint density at radius 2 is 1.66 bits per heavy atom. The van der Waals surface area contributed by atoms with Crippen molar-refractivity contribution in [2.75, 3.05) is 0 Å². The van der Waals surface area contributed by atoms with Crippen molar-refractivity contribution in [1.29, 1.82) is 0 Å². The lowest BCUT2D eigenvalue weighted by Gasteiger charge is -2.08. The molecule has 0 spiro atoms. The second-order valence-corrected chi connectivity index (χ2v) is 7.92. The number of benzene rings is 2. The summed E-state index contributed by atoms with van der Waals surface area (Å²) >= 11 is 7.04. The van der Waals surface area contributed by atoms with Crippen LogP contribution in [-0.4, -0.2) is 29.8 Å². The van der Waals surface area contributed by atoms with Gasteiger partial charge in [-0.15, -0.1) is 10.2 Å². The maximum Gasteiger partial charge on any atom is 0.416 e. The van der Waals surface area contributed by atoms with Crippen LogP contribution in [0.5, 0.6) is 0 Å². The largest absolute Gasteiger partial charge is 0.416 e. The van der Waals surface area contributed by atoms with Crippen molar-refractivity contribution in [2.24, 2.45) is 0 Å². The molecule has 2 aromatic carbocycles. The van der Waals surface area contributed by atoms with E-state index in [1.165, 1.54) is 23.0 Å². The molecule has 0 radical (unpaired) electrons. The summed E-state index contributed by atoms with van der Waals surface area (Å²) in [5.74, 6) is 0.596. The second-order valence-electron chi connectivity index (χ2n) is 6.51. The second kappa shape index (κ2) is 7.92. The molecule has 0 N–H and O–H groups in total. The molecule has 0 aliphatic rings. The number of fused-ring (bicyclic) bond motifs is 1. The molecule has 0 saturated carbocycles. The van der Waals surface area contributed by atoms with Crippen LogP contribution in [-0.2, 0) is 6.18 Å². The van der Waals surface area contributed by atoms with Gasteiger partial charge in [0.05, 0.1) is 11.3 Å². The van der Waals surface area contributed by atoms with Gasteiger partial charge in [0, 0.05) is 16.1 Å². The zero-order chi connectivity index (χ0) is 22.3. The topological polar surface area (TPSA) is 82.0 Å². The Morgan fingerprint density at radius 1 is 0.938 bits per heavy atom. The SMILES string of the molecule is FC(F)(F)c1ccc(-c2cc(Sc3nnc(-c4ccc(Cl)cc4)o3)n3ncnc3n2)cc1. The highest BCUT2D eigenvalue weighted by Gasteiger charge is 2.30. The lowest BCUT2D eigenvalue weighted by molar-refractivity contribution is -0.137. The predicted molar refractivity (Wildman–Crippen MR) is 110 cm³/mol. The summed E-state index contributed by atoms with van der Waals surface area (Å²) in [6, 6.07) is 13.3. The van der Waals surface area contributed by atoms with E-state index in [0.717, 1.165) is 23.9 Å². The average molecular weight is 475 g/mol. The number of nitrogens with zero attached hydrogens (tertiary/aromatic N) is 6. The summed E-state index contributed by atoms with van der Waals surface area (Å²) in [7, 11) is 0. The quantitative estimate of drug-likeness (QED) is 0.310. The van der Waals surface area contributed by atoms with Crippen LogP contribution < -0.4 is 0 Å². The van der Waals surface area contributed by atoms with Crippen molar-refractivity contribution in [1.82, 2.24) is 29.8 Å². The molecule has 12 heteroatoms. The number of hydrogen-bond donors (Lipinski definition) is 0. The Kier molecular flexibility index (Phi) is 5.06. The average Bonchev–Trinajstić information content (AvgIpc) is 3.43. The smallest absolute Gasteiger partial charge is 0.411 e. The van der Waals surface area contributed by atoms with Crippen molar-refractivity contribution in [3.63, 3.8) is 0 Å². The minimum absolute atomic E-state index is 0.247. The van der Waals surface area contributed by atoms with E-state index in [0.29, 0.717) is 32.8 Å². The zero-order valence-corrected chi connectivity index (χ0v) is 17.4. The van der Waals surface area contributed by atoms with E-state index < -0.39 is 11.7 Å². The van der Waals surface area contributed by atoms with Crippen molar-refractivity contribution < 1.29 is 17.6 Å². The van der Waals surface area contributed by atoms with Gasteiger partial charge in [-0.2, -0.15) is 27.8 Å². The third kappa shape index (κ3) is 4.04. The standard InChI is InChI=1S/C20H10ClF3N6OS/c21-14-7-3-12(4-8-14)17-28-29-19(31-17)32-16-9-15(27-18-25-10-26-30(16)18)11-1-5-13(6-2-11)20(22,23)24/h1-10H. The maximum atomic E-state index is 12.9. The molecule has 0 atom stereocenters. The van der Waals surface area contributed by atoms with E-state index in [9.17, 15) is 13.2 Å². The summed E-state index contributed by atoms with van der Waals surface area (Å²) in [6.07, 6.45) is -3.08. The first-order valence-electron chi connectivity index (χ1n) is 9.02. The van der Waals surface area contributed by atoms with Crippen molar-refractivity contribution >= 4 is 29.1 Å². The van der Waals surface area contributed by atoms with Gasteiger partial charge in [0.2, 0.25) is 5.89 Å². The molecule has 0 aliphatic carbocycles. The maximum absolute atomic E-state index is 12.9. The van der Waals surface area contributed by atoms with Crippen molar-refractivity contribution in [2.45, 2.75) is 16.4 Å². The van der Waals surface area contributed by atoms with Crippen LogP contribution in [0.4, 0.5) is 13.2 Å². The molecular weight excluding hydrogens is 465 g/mol. The van der Waals surface area contributed by atoms with Crippen LogP contribution in [0.2, 0.25) is 5.02 Å². The van der Waals surface area contributed by atoms with Gasteiger partial charge in [0.1, 0.15) is 11.4 Å². The Bertz CT molecular complexity index is 1400. The van der Waals surface area contributed by atoms with Gasteiger partial charge in [0.15, 0.2) is 0 Å². The third-order valence-corrected chi connectivity index (χ3v) is 5.51. The Hall–Kier alpha value is -3.44. The van der Waals surface area contributed by atoms with E-state index in [-0.39, 0.29) is 11.0 Å².